The van der Waals surface area contributed by atoms with Crippen LogP contribution in [0.5, 0.6) is 0 Å². The zero-order valence-electron chi connectivity index (χ0n) is 21.0. The van der Waals surface area contributed by atoms with Crippen LogP contribution in [0.3, 0.4) is 0 Å². The van der Waals surface area contributed by atoms with E-state index in [0.717, 1.165) is 6.61 Å². The minimum absolute atomic E-state index is 0.361. The van der Waals surface area contributed by atoms with E-state index in [4.69, 9.17) is 14.3 Å². The molecule has 0 bridgehead atoms. The lowest BCUT2D eigenvalue weighted by Gasteiger charge is -2.36. The standard InChI is InChI=1S/C25H51N2O2P/c1-7-9-11-13-14-16-19-25(18-15-12-10-8-2)22-29-30(28-21-17-20-26)27(23(3)4)24(5)6/h23-25H,7-19,21-22H2,1-6H3. The molecule has 0 aromatic heterocycles. The Morgan fingerprint density at radius 3 is 1.77 bits per heavy atom. The van der Waals surface area contributed by atoms with E-state index in [1.54, 1.807) is 0 Å². The summed E-state index contributed by atoms with van der Waals surface area (Å²) in [5.74, 6) is 0.624. The number of rotatable bonds is 21. The van der Waals surface area contributed by atoms with Crippen molar-refractivity contribution in [2.45, 2.75) is 137 Å². The van der Waals surface area contributed by atoms with Crippen molar-refractivity contribution in [3.05, 3.63) is 0 Å². The number of hydrogen-bond donors (Lipinski definition) is 0. The topological polar surface area (TPSA) is 45.5 Å². The summed E-state index contributed by atoms with van der Waals surface area (Å²) in [7, 11) is -1.11. The van der Waals surface area contributed by atoms with Gasteiger partial charge in [-0.15, -0.1) is 0 Å². The average molecular weight is 443 g/mol. The van der Waals surface area contributed by atoms with Crippen LogP contribution in [0.25, 0.3) is 0 Å². The fraction of sp³-hybridized carbons (Fsp3) is 0.960. The predicted octanol–water partition coefficient (Wildman–Crippen LogP) is 8.62. The third-order valence-electron chi connectivity index (χ3n) is 5.51. The Morgan fingerprint density at radius 2 is 1.27 bits per heavy atom. The molecule has 0 N–H and O–H groups in total. The van der Waals surface area contributed by atoms with E-state index in [2.05, 4.69) is 52.3 Å². The molecule has 0 aliphatic rings. The molecule has 2 unspecified atom stereocenters. The molecule has 178 valence electrons. The van der Waals surface area contributed by atoms with Crippen LogP contribution in [0.2, 0.25) is 0 Å². The number of nitrogens with zero attached hydrogens (tertiary/aromatic N) is 2. The Labute approximate surface area is 190 Å². The maximum Gasteiger partial charge on any atom is 0.259 e. The minimum atomic E-state index is -1.11. The van der Waals surface area contributed by atoms with Gasteiger partial charge in [-0.2, -0.15) is 5.26 Å². The third kappa shape index (κ3) is 15.6. The van der Waals surface area contributed by atoms with E-state index < -0.39 is 8.53 Å². The molecule has 0 aromatic rings. The first-order valence-corrected chi connectivity index (χ1v) is 13.8. The average Bonchev–Trinajstić information content (AvgIpc) is 2.70. The fourth-order valence-corrected chi connectivity index (χ4v) is 5.55. The van der Waals surface area contributed by atoms with Crippen LogP contribution >= 0.6 is 8.53 Å². The molecule has 0 aliphatic carbocycles. The molecule has 0 radical (unpaired) electrons. The summed E-state index contributed by atoms with van der Waals surface area (Å²) >= 11 is 0. The van der Waals surface area contributed by atoms with Gasteiger partial charge in [0.2, 0.25) is 0 Å². The summed E-state index contributed by atoms with van der Waals surface area (Å²) in [6.45, 7) is 14.6. The van der Waals surface area contributed by atoms with Gasteiger partial charge >= 0.3 is 0 Å². The molecule has 0 saturated heterocycles. The van der Waals surface area contributed by atoms with Gasteiger partial charge in [-0.05, 0) is 46.5 Å². The first kappa shape index (κ1) is 29.8. The largest absolute Gasteiger partial charge is 0.322 e. The van der Waals surface area contributed by atoms with Crippen LogP contribution in [-0.2, 0) is 9.05 Å². The van der Waals surface area contributed by atoms with Crippen molar-refractivity contribution in [2.24, 2.45) is 5.92 Å². The summed E-state index contributed by atoms with van der Waals surface area (Å²) in [5, 5.41) is 8.89. The third-order valence-corrected chi connectivity index (χ3v) is 7.59. The van der Waals surface area contributed by atoms with Crippen LogP contribution in [0.4, 0.5) is 0 Å². The SMILES string of the molecule is CCCCCCCCC(CCCCCC)COP(OCCC#N)N(C(C)C)C(C)C. The van der Waals surface area contributed by atoms with Gasteiger partial charge in [0.1, 0.15) is 0 Å². The van der Waals surface area contributed by atoms with Crippen molar-refractivity contribution >= 4 is 8.53 Å². The second kappa shape index (κ2) is 20.7. The summed E-state index contributed by atoms with van der Waals surface area (Å²) < 4.78 is 14.9. The highest BCUT2D eigenvalue weighted by Gasteiger charge is 2.28. The van der Waals surface area contributed by atoms with Crippen molar-refractivity contribution in [1.29, 1.82) is 5.26 Å². The molecule has 0 aliphatic heterocycles. The summed E-state index contributed by atoms with van der Waals surface area (Å²) in [5.41, 5.74) is 0. The van der Waals surface area contributed by atoms with Crippen LogP contribution in [0, 0.1) is 17.2 Å². The van der Waals surface area contributed by atoms with Crippen molar-refractivity contribution < 1.29 is 9.05 Å². The zero-order valence-corrected chi connectivity index (χ0v) is 21.9. The first-order chi connectivity index (χ1) is 14.5. The summed E-state index contributed by atoms with van der Waals surface area (Å²) in [6, 6.07) is 2.91. The monoisotopic (exact) mass is 442 g/mol. The molecule has 0 fully saturated rings. The molecule has 5 heteroatoms. The molecule has 0 aromatic carbocycles. The van der Waals surface area contributed by atoms with Crippen LogP contribution in [0.1, 0.15) is 125 Å². The highest BCUT2D eigenvalue weighted by atomic mass is 31.2. The van der Waals surface area contributed by atoms with E-state index >= 15 is 0 Å². The van der Waals surface area contributed by atoms with Crippen LogP contribution in [-0.4, -0.2) is 30.0 Å². The molecule has 0 rings (SSSR count). The Hall–Kier alpha value is -0.200. The summed E-state index contributed by atoms with van der Waals surface area (Å²) in [4.78, 5) is 0. The molecule has 0 amide bonds. The van der Waals surface area contributed by atoms with Gasteiger partial charge in [0, 0.05) is 12.1 Å². The molecular formula is C25H51N2O2P. The molecule has 4 nitrogen and oxygen atoms in total. The summed E-state index contributed by atoms with van der Waals surface area (Å²) in [6.07, 6.45) is 16.3. The van der Waals surface area contributed by atoms with Gasteiger partial charge in [0.25, 0.3) is 8.53 Å². The van der Waals surface area contributed by atoms with E-state index in [9.17, 15) is 0 Å². The first-order valence-electron chi connectivity index (χ1n) is 12.7. The Kier molecular flexibility index (Phi) is 20.6. The highest BCUT2D eigenvalue weighted by Crippen LogP contribution is 2.46. The van der Waals surface area contributed by atoms with Crippen molar-refractivity contribution in [3.8, 4) is 6.07 Å². The Balaban J connectivity index is 4.76. The number of unbranched alkanes of at least 4 members (excludes halogenated alkanes) is 8. The van der Waals surface area contributed by atoms with E-state index in [1.807, 2.05) is 0 Å². The molecule has 2 atom stereocenters. The smallest absolute Gasteiger partial charge is 0.259 e. The van der Waals surface area contributed by atoms with E-state index in [0.29, 0.717) is 31.0 Å². The number of nitriles is 1. The van der Waals surface area contributed by atoms with Gasteiger partial charge in [0.15, 0.2) is 0 Å². The molecular weight excluding hydrogens is 391 g/mol. The zero-order chi connectivity index (χ0) is 22.6. The van der Waals surface area contributed by atoms with Gasteiger partial charge in [0.05, 0.1) is 25.7 Å². The molecule has 0 heterocycles. The quantitative estimate of drug-likeness (QED) is 0.132. The molecule has 30 heavy (non-hydrogen) atoms. The minimum Gasteiger partial charge on any atom is -0.322 e. The van der Waals surface area contributed by atoms with Crippen molar-refractivity contribution in [1.82, 2.24) is 4.67 Å². The van der Waals surface area contributed by atoms with Crippen molar-refractivity contribution in [2.75, 3.05) is 13.2 Å². The van der Waals surface area contributed by atoms with E-state index in [-0.39, 0.29) is 0 Å². The highest BCUT2D eigenvalue weighted by molar-refractivity contribution is 7.44. The van der Waals surface area contributed by atoms with Gasteiger partial charge in [-0.25, -0.2) is 4.67 Å². The predicted molar refractivity (Wildman–Crippen MR) is 131 cm³/mol. The van der Waals surface area contributed by atoms with Crippen molar-refractivity contribution in [3.63, 3.8) is 0 Å². The Bertz CT molecular complexity index is 404. The second-order valence-electron chi connectivity index (χ2n) is 9.11. The van der Waals surface area contributed by atoms with Gasteiger partial charge in [-0.3, -0.25) is 0 Å². The molecule has 0 spiro atoms. The second-order valence-corrected chi connectivity index (χ2v) is 10.6. The maximum atomic E-state index is 8.89. The number of hydrogen-bond acceptors (Lipinski definition) is 4. The molecule has 0 saturated carbocycles. The van der Waals surface area contributed by atoms with E-state index in [1.165, 1.54) is 77.0 Å². The van der Waals surface area contributed by atoms with Crippen LogP contribution < -0.4 is 0 Å². The fourth-order valence-electron chi connectivity index (χ4n) is 3.87. The normalized spacial score (nSPS) is 13.9. The lowest BCUT2D eigenvalue weighted by Crippen LogP contribution is -2.34. The lowest BCUT2D eigenvalue weighted by molar-refractivity contribution is 0.151. The lowest BCUT2D eigenvalue weighted by atomic mass is 9.95. The van der Waals surface area contributed by atoms with Gasteiger partial charge in [-0.1, -0.05) is 78.1 Å². The van der Waals surface area contributed by atoms with Crippen LogP contribution in [0.15, 0.2) is 0 Å². The maximum absolute atomic E-state index is 8.89. The Morgan fingerprint density at radius 1 is 0.767 bits per heavy atom. The van der Waals surface area contributed by atoms with Gasteiger partial charge < -0.3 is 9.05 Å².